The maximum Gasteiger partial charge on any atom is 0.278 e. The number of rotatable bonds is 6. The monoisotopic (exact) mass is 265 g/mol. The summed E-state index contributed by atoms with van der Waals surface area (Å²) in [6.45, 7) is 7.76. The van der Waals surface area contributed by atoms with Gasteiger partial charge in [0.1, 0.15) is 0 Å². The molecule has 2 N–H and O–H groups in total. The fourth-order valence-corrected chi connectivity index (χ4v) is 2.34. The fraction of sp³-hybridized carbons (Fsp3) is 0.643. The largest absolute Gasteiger partial charge is 0.328 e. The predicted molar refractivity (Wildman–Crippen MR) is 76.1 cm³/mol. The van der Waals surface area contributed by atoms with Crippen LogP contribution in [-0.2, 0) is 6.42 Å². The molecule has 0 saturated carbocycles. The predicted octanol–water partition coefficient (Wildman–Crippen LogP) is 2.91. The van der Waals surface area contributed by atoms with E-state index in [1.54, 1.807) is 20.0 Å². The minimum absolute atomic E-state index is 0.126. The molecule has 0 aliphatic carbocycles. The molecule has 1 aromatic heterocycles. The minimum atomic E-state index is -0.329. The second-order valence-electron chi connectivity index (χ2n) is 5.55. The first-order chi connectivity index (χ1) is 8.82. The van der Waals surface area contributed by atoms with Crippen LogP contribution in [0.15, 0.2) is 6.20 Å². The zero-order chi connectivity index (χ0) is 14.6. The minimum Gasteiger partial charge on any atom is -0.328 e. The quantitative estimate of drug-likeness (QED) is 0.633. The van der Waals surface area contributed by atoms with E-state index in [1.165, 1.54) is 0 Å². The van der Waals surface area contributed by atoms with Gasteiger partial charge in [0.05, 0.1) is 10.6 Å². The van der Waals surface area contributed by atoms with E-state index in [0.29, 0.717) is 23.5 Å². The number of aryl methyl sites for hydroxylation is 2. The van der Waals surface area contributed by atoms with Crippen molar-refractivity contribution in [3.05, 3.63) is 33.1 Å². The number of aromatic nitrogens is 1. The van der Waals surface area contributed by atoms with Crippen molar-refractivity contribution < 1.29 is 4.92 Å². The van der Waals surface area contributed by atoms with E-state index in [0.717, 1.165) is 18.5 Å². The third-order valence-electron chi connectivity index (χ3n) is 3.28. The first-order valence-electron chi connectivity index (χ1n) is 6.68. The van der Waals surface area contributed by atoms with Gasteiger partial charge in [0.2, 0.25) is 0 Å². The van der Waals surface area contributed by atoms with E-state index in [1.807, 2.05) is 0 Å². The molecule has 1 rings (SSSR count). The van der Waals surface area contributed by atoms with Gasteiger partial charge in [0.15, 0.2) is 0 Å². The normalized spacial score (nSPS) is 12.7. The van der Waals surface area contributed by atoms with Crippen LogP contribution in [-0.4, -0.2) is 15.9 Å². The molecule has 0 aromatic carbocycles. The van der Waals surface area contributed by atoms with Gasteiger partial charge in [0.25, 0.3) is 5.69 Å². The van der Waals surface area contributed by atoms with Crippen LogP contribution >= 0.6 is 0 Å². The van der Waals surface area contributed by atoms with Crippen molar-refractivity contribution in [1.29, 1.82) is 0 Å². The van der Waals surface area contributed by atoms with Crippen LogP contribution in [0, 0.1) is 29.9 Å². The maximum atomic E-state index is 11.0. The van der Waals surface area contributed by atoms with Crippen molar-refractivity contribution in [3.63, 3.8) is 0 Å². The van der Waals surface area contributed by atoms with Gasteiger partial charge in [-0.2, -0.15) is 0 Å². The van der Waals surface area contributed by atoms with Gasteiger partial charge in [-0.3, -0.25) is 15.1 Å². The highest BCUT2D eigenvalue weighted by Gasteiger charge is 2.19. The van der Waals surface area contributed by atoms with Crippen LogP contribution in [0.5, 0.6) is 0 Å². The molecule has 1 aromatic rings. The molecule has 1 unspecified atom stereocenters. The van der Waals surface area contributed by atoms with Crippen LogP contribution in [0.1, 0.15) is 43.5 Å². The second-order valence-corrected chi connectivity index (χ2v) is 5.55. The molecular weight excluding hydrogens is 242 g/mol. The first-order valence-corrected chi connectivity index (χ1v) is 6.68. The van der Waals surface area contributed by atoms with Gasteiger partial charge < -0.3 is 5.73 Å². The van der Waals surface area contributed by atoms with E-state index in [-0.39, 0.29) is 16.7 Å². The van der Waals surface area contributed by atoms with Gasteiger partial charge >= 0.3 is 0 Å². The molecule has 0 radical (unpaired) electrons. The van der Waals surface area contributed by atoms with Gasteiger partial charge in [-0.1, -0.05) is 13.8 Å². The number of nitrogens with two attached hydrogens (primary N) is 1. The number of nitro groups is 1. The van der Waals surface area contributed by atoms with E-state index >= 15 is 0 Å². The molecule has 5 nitrogen and oxygen atoms in total. The van der Waals surface area contributed by atoms with E-state index < -0.39 is 0 Å². The standard InChI is InChI=1S/C14H23N3O2/c1-9(2)7-12(15)5-6-13-11(4)14(17(18)19)10(3)8-16-13/h8-9,12H,5-7,15H2,1-4H3. The van der Waals surface area contributed by atoms with Crippen molar-refractivity contribution in [2.24, 2.45) is 11.7 Å². The van der Waals surface area contributed by atoms with E-state index in [4.69, 9.17) is 5.73 Å². The Bertz CT molecular complexity index is 458. The SMILES string of the molecule is Cc1cnc(CCC(N)CC(C)C)c(C)c1[N+](=O)[O-]. The van der Waals surface area contributed by atoms with Gasteiger partial charge in [-0.05, 0) is 39.0 Å². The average Bonchev–Trinajstić information content (AvgIpc) is 2.26. The van der Waals surface area contributed by atoms with Crippen molar-refractivity contribution >= 4 is 5.69 Å². The number of nitrogens with zero attached hydrogens (tertiary/aromatic N) is 2. The Morgan fingerprint density at radius 2 is 2.05 bits per heavy atom. The Kier molecular flexibility index (Phi) is 5.42. The molecule has 0 aliphatic rings. The molecule has 5 heteroatoms. The van der Waals surface area contributed by atoms with Crippen molar-refractivity contribution in [2.75, 3.05) is 0 Å². The molecule has 19 heavy (non-hydrogen) atoms. The highest BCUT2D eigenvalue weighted by atomic mass is 16.6. The van der Waals surface area contributed by atoms with Crippen molar-refractivity contribution in [2.45, 2.75) is 53.0 Å². The summed E-state index contributed by atoms with van der Waals surface area (Å²) in [5.41, 5.74) is 8.29. The summed E-state index contributed by atoms with van der Waals surface area (Å²) in [6.07, 6.45) is 4.05. The van der Waals surface area contributed by atoms with Gasteiger partial charge in [-0.15, -0.1) is 0 Å². The summed E-state index contributed by atoms with van der Waals surface area (Å²) in [5, 5.41) is 11.0. The zero-order valence-corrected chi connectivity index (χ0v) is 12.1. The summed E-state index contributed by atoms with van der Waals surface area (Å²) in [4.78, 5) is 15.0. The van der Waals surface area contributed by atoms with Gasteiger partial charge in [0, 0.05) is 23.4 Å². The molecule has 1 atom stereocenters. The number of pyridine rings is 1. The average molecular weight is 265 g/mol. The Balaban J connectivity index is 2.80. The third-order valence-corrected chi connectivity index (χ3v) is 3.28. The van der Waals surface area contributed by atoms with E-state index in [2.05, 4.69) is 18.8 Å². The lowest BCUT2D eigenvalue weighted by Gasteiger charge is -2.14. The molecule has 0 spiro atoms. The second kappa shape index (κ2) is 6.61. The highest BCUT2D eigenvalue weighted by molar-refractivity contribution is 5.47. The highest BCUT2D eigenvalue weighted by Crippen LogP contribution is 2.25. The fourth-order valence-electron chi connectivity index (χ4n) is 2.34. The third kappa shape index (κ3) is 4.28. The molecule has 0 fully saturated rings. The molecule has 0 saturated heterocycles. The molecule has 0 bridgehead atoms. The Morgan fingerprint density at radius 3 is 2.58 bits per heavy atom. The summed E-state index contributed by atoms with van der Waals surface area (Å²) < 4.78 is 0. The summed E-state index contributed by atoms with van der Waals surface area (Å²) >= 11 is 0. The molecule has 106 valence electrons. The van der Waals surface area contributed by atoms with Crippen LogP contribution in [0.4, 0.5) is 5.69 Å². The van der Waals surface area contributed by atoms with E-state index in [9.17, 15) is 10.1 Å². The van der Waals surface area contributed by atoms with Crippen LogP contribution in [0.3, 0.4) is 0 Å². The topological polar surface area (TPSA) is 82.0 Å². The molecule has 0 aliphatic heterocycles. The van der Waals surface area contributed by atoms with Crippen LogP contribution in [0.2, 0.25) is 0 Å². The van der Waals surface area contributed by atoms with Crippen LogP contribution < -0.4 is 5.73 Å². The maximum absolute atomic E-state index is 11.0. The Morgan fingerprint density at radius 1 is 1.42 bits per heavy atom. The Labute approximate surface area is 114 Å². The lowest BCUT2D eigenvalue weighted by atomic mass is 9.98. The number of hydrogen-bond acceptors (Lipinski definition) is 4. The summed E-state index contributed by atoms with van der Waals surface area (Å²) in [7, 11) is 0. The summed E-state index contributed by atoms with van der Waals surface area (Å²) in [5.74, 6) is 0.566. The summed E-state index contributed by atoms with van der Waals surface area (Å²) in [6, 6.07) is 0.126. The zero-order valence-electron chi connectivity index (χ0n) is 12.1. The van der Waals surface area contributed by atoms with Gasteiger partial charge in [-0.25, -0.2) is 0 Å². The van der Waals surface area contributed by atoms with Crippen LogP contribution in [0.25, 0.3) is 0 Å². The smallest absolute Gasteiger partial charge is 0.278 e. The molecule has 0 amide bonds. The molecular formula is C14H23N3O2. The van der Waals surface area contributed by atoms with Crippen molar-refractivity contribution in [3.8, 4) is 0 Å². The number of hydrogen-bond donors (Lipinski definition) is 1. The lowest BCUT2D eigenvalue weighted by molar-refractivity contribution is -0.386. The van der Waals surface area contributed by atoms with Crippen molar-refractivity contribution in [1.82, 2.24) is 4.98 Å². The first kappa shape index (κ1) is 15.6. The Hall–Kier alpha value is -1.49. The lowest BCUT2D eigenvalue weighted by Crippen LogP contribution is -2.23. The molecule has 1 heterocycles.